The monoisotopic (exact) mass is 450 g/mol. The molecule has 33 heavy (non-hydrogen) atoms. The second-order valence-electron chi connectivity index (χ2n) is 11.5. The zero-order chi connectivity index (χ0) is 23.2. The van der Waals surface area contributed by atoms with E-state index in [1.807, 2.05) is 45.0 Å². The Hall–Kier alpha value is -2.70. The average molecular weight is 451 g/mol. The molecule has 6 rings (SSSR count). The van der Waals surface area contributed by atoms with E-state index < -0.39 is 0 Å². The van der Waals surface area contributed by atoms with E-state index in [4.69, 9.17) is 4.52 Å². The topological polar surface area (TPSA) is 97.1 Å². The van der Waals surface area contributed by atoms with Crippen LogP contribution in [0.5, 0.6) is 0 Å². The van der Waals surface area contributed by atoms with Gasteiger partial charge < -0.3 is 15.2 Å². The van der Waals surface area contributed by atoms with Gasteiger partial charge in [-0.2, -0.15) is 4.98 Å². The number of anilines is 1. The van der Waals surface area contributed by atoms with Crippen molar-refractivity contribution in [1.82, 2.24) is 15.5 Å². The maximum atomic E-state index is 13.0. The molecular formula is C26H34N4O3. The number of nitrogens with one attached hydrogen (secondary N) is 2. The molecule has 2 amide bonds. The molecule has 4 aliphatic rings. The van der Waals surface area contributed by atoms with Crippen molar-refractivity contribution in [2.24, 2.45) is 23.2 Å². The van der Waals surface area contributed by atoms with Crippen molar-refractivity contribution in [2.75, 3.05) is 11.9 Å². The first-order chi connectivity index (χ1) is 15.7. The van der Waals surface area contributed by atoms with Crippen LogP contribution in [0, 0.1) is 23.2 Å². The van der Waals surface area contributed by atoms with E-state index in [0.717, 1.165) is 42.6 Å². The first-order valence-corrected chi connectivity index (χ1v) is 12.2. The van der Waals surface area contributed by atoms with Gasteiger partial charge in [0.1, 0.15) is 0 Å². The molecule has 1 heterocycles. The molecule has 2 aromatic rings. The fraction of sp³-hybridized carbons (Fsp3) is 0.615. The fourth-order valence-corrected chi connectivity index (χ4v) is 6.44. The van der Waals surface area contributed by atoms with E-state index >= 15 is 0 Å². The van der Waals surface area contributed by atoms with E-state index in [2.05, 4.69) is 20.8 Å². The summed E-state index contributed by atoms with van der Waals surface area (Å²) in [5, 5.41) is 10.0. The Morgan fingerprint density at radius 2 is 1.64 bits per heavy atom. The van der Waals surface area contributed by atoms with Crippen LogP contribution in [0.1, 0.15) is 71.6 Å². The molecular weight excluding hydrogens is 416 g/mol. The highest BCUT2D eigenvalue weighted by atomic mass is 16.5. The molecule has 0 saturated heterocycles. The second-order valence-corrected chi connectivity index (χ2v) is 11.5. The summed E-state index contributed by atoms with van der Waals surface area (Å²) in [5.41, 5.74) is 1.17. The van der Waals surface area contributed by atoms with Crippen molar-refractivity contribution < 1.29 is 14.1 Å². The summed E-state index contributed by atoms with van der Waals surface area (Å²) in [4.78, 5) is 29.9. The highest BCUT2D eigenvalue weighted by Crippen LogP contribution is 2.60. The van der Waals surface area contributed by atoms with Crippen molar-refractivity contribution >= 4 is 17.5 Å². The van der Waals surface area contributed by atoms with Crippen LogP contribution in [0.2, 0.25) is 0 Å². The minimum absolute atomic E-state index is 0.108. The van der Waals surface area contributed by atoms with Gasteiger partial charge in [0.15, 0.2) is 0 Å². The Labute approximate surface area is 195 Å². The third-order valence-electron chi connectivity index (χ3n) is 7.65. The highest BCUT2D eigenvalue weighted by molar-refractivity contribution is 5.91. The van der Waals surface area contributed by atoms with Gasteiger partial charge in [-0.3, -0.25) is 9.59 Å². The van der Waals surface area contributed by atoms with Gasteiger partial charge in [-0.25, -0.2) is 0 Å². The summed E-state index contributed by atoms with van der Waals surface area (Å²) in [6, 6.07) is 7.38. The number of benzene rings is 1. The number of aromatic nitrogens is 2. The Kier molecular flexibility index (Phi) is 5.53. The molecule has 7 nitrogen and oxygen atoms in total. The second kappa shape index (κ2) is 8.26. The SMILES string of the molecule is CC(C)(C)c1nc(-c2ccc(NC(=O)CCNC(=O)C34CC5CC(CC(C5)C3)C4)cc2)no1. The van der Waals surface area contributed by atoms with Crippen molar-refractivity contribution in [1.29, 1.82) is 0 Å². The predicted molar refractivity (Wildman–Crippen MR) is 125 cm³/mol. The van der Waals surface area contributed by atoms with Crippen LogP contribution >= 0.6 is 0 Å². The minimum atomic E-state index is -0.204. The summed E-state index contributed by atoms with van der Waals surface area (Å²) in [7, 11) is 0. The van der Waals surface area contributed by atoms with Crippen LogP contribution in [-0.4, -0.2) is 28.5 Å². The summed E-state index contributed by atoms with van der Waals surface area (Å²) in [5.74, 6) is 3.40. The van der Waals surface area contributed by atoms with Gasteiger partial charge in [-0.15, -0.1) is 0 Å². The molecule has 7 heteroatoms. The van der Waals surface area contributed by atoms with Crippen LogP contribution in [0.25, 0.3) is 11.4 Å². The van der Waals surface area contributed by atoms with Gasteiger partial charge >= 0.3 is 0 Å². The van der Waals surface area contributed by atoms with Crippen molar-refractivity contribution in [3.05, 3.63) is 30.2 Å². The molecule has 0 unspecified atom stereocenters. The van der Waals surface area contributed by atoms with Crippen molar-refractivity contribution in [3.63, 3.8) is 0 Å². The van der Waals surface area contributed by atoms with Crippen LogP contribution in [0.15, 0.2) is 28.8 Å². The Morgan fingerprint density at radius 1 is 1.03 bits per heavy atom. The number of nitrogens with zero attached hydrogens (tertiary/aromatic N) is 2. The molecule has 0 radical (unpaired) electrons. The predicted octanol–water partition coefficient (Wildman–Crippen LogP) is 4.70. The zero-order valence-electron chi connectivity index (χ0n) is 19.8. The number of hydrogen-bond donors (Lipinski definition) is 2. The molecule has 4 saturated carbocycles. The Balaban J connectivity index is 1.11. The largest absolute Gasteiger partial charge is 0.355 e. The number of rotatable bonds is 6. The lowest BCUT2D eigenvalue weighted by atomic mass is 9.49. The summed E-state index contributed by atoms with van der Waals surface area (Å²) in [6.45, 7) is 6.44. The molecule has 4 bridgehead atoms. The van der Waals surface area contributed by atoms with E-state index in [9.17, 15) is 9.59 Å². The van der Waals surface area contributed by atoms with E-state index in [1.54, 1.807) is 0 Å². The smallest absolute Gasteiger partial charge is 0.232 e. The molecule has 0 atom stereocenters. The normalized spacial score (nSPS) is 28.0. The Morgan fingerprint density at radius 3 is 2.18 bits per heavy atom. The highest BCUT2D eigenvalue weighted by Gasteiger charge is 2.54. The summed E-state index contributed by atoms with van der Waals surface area (Å²) in [6.07, 6.45) is 7.34. The van der Waals surface area contributed by atoms with Crippen LogP contribution in [0.4, 0.5) is 5.69 Å². The van der Waals surface area contributed by atoms with Crippen LogP contribution in [-0.2, 0) is 15.0 Å². The lowest BCUT2D eigenvalue weighted by Crippen LogP contribution is -2.53. The molecule has 176 valence electrons. The van der Waals surface area contributed by atoms with E-state index in [0.29, 0.717) is 23.9 Å². The number of amides is 2. The third kappa shape index (κ3) is 4.55. The molecule has 0 spiro atoms. The van der Waals surface area contributed by atoms with Crippen molar-refractivity contribution in [3.8, 4) is 11.4 Å². The lowest BCUT2D eigenvalue weighted by Gasteiger charge is -2.55. The van der Waals surface area contributed by atoms with Gasteiger partial charge in [0.25, 0.3) is 0 Å². The van der Waals surface area contributed by atoms with Gasteiger partial charge in [-0.1, -0.05) is 25.9 Å². The molecule has 0 aliphatic heterocycles. The molecule has 4 fully saturated rings. The first kappa shape index (κ1) is 22.1. The fourth-order valence-electron chi connectivity index (χ4n) is 6.44. The molecule has 1 aromatic carbocycles. The first-order valence-electron chi connectivity index (χ1n) is 12.2. The van der Waals surface area contributed by atoms with Gasteiger partial charge in [0.05, 0.1) is 0 Å². The maximum absolute atomic E-state index is 13.0. The number of carbonyl (C=O) groups excluding carboxylic acids is 2. The Bertz CT molecular complexity index is 999. The quantitative estimate of drug-likeness (QED) is 0.665. The molecule has 1 aromatic heterocycles. The lowest BCUT2D eigenvalue weighted by molar-refractivity contribution is -0.146. The average Bonchev–Trinajstić information content (AvgIpc) is 3.24. The number of hydrogen-bond acceptors (Lipinski definition) is 5. The molecule has 2 N–H and O–H groups in total. The summed E-state index contributed by atoms with van der Waals surface area (Å²) < 4.78 is 5.35. The van der Waals surface area contributed by atoms with Gasteiger partial charge in [-0.05, 0) is 80.5 Å². The van der Waals surface area contributed by atoms with E-state index in [-0.39, 0.29) is 29.1 Å². The standard InChI is InChI=1S/C26H34N4O3/c1-25(2,3)24-29-22(30-33-24)19-4-6-20(7-5-19)28-21(31)8-9-27-23(32)26-13-16-10-17(14-26)12-18(11-16)15-26/h4-7,16-18H,8-15H2,1-3H3,(H,27,32)(H,28,31). The van der Waals surface area contributed by atoms with Crippen LogP contribution in [0.3, 0.4) is 0 Å². The van der Waals surface area contributed by atoms with Crippen molar-refractivity contribution in [2.45, 2.75) is 71.1 Å². The minimum Gasteiger partial charge on any atom is -0.355 e. The third-order valence-corrected chi connectivity index (χ3v) is 7.65. The molecule has 4 aliphatic carbocycles. The summed E-state index contributed by atoms with van der Waals surface area (Å²) >= 11 is 0. The van der Waals surface area contributed by atoms with Gasteiger partial charge in [0, 0.05) is 35.0 Å². The zero-order valence-corrected chi connectivity index (χ0v) is 19.8. The van der Waals surface area contributed by atoms with Crippen LogP contribution < -0.4 is 10.6 Å². The maximum Gasteiger partial charge on any atom is 0.232 e. The van der Waals surface area contributed by atoms with E-state index in [1.165, 1.54) is 19.3 Å². The number of carbonyl (C=O) groups is 2. The van der Waals surface area contributed by atoms with Gasteiger partial charge in [0.2, 0.25) is 23.5 Å².